The number of aliphatic hydroxyl groups excluding tert-OH is 2. The van der Waals surface area contributed by atoms with Gasteiger partial charge in [0.05, 0.1) is 25.4 Å². The average Bonchev–Trinajstić information content (AvgIpc) is 3.61. The summed E-state index contributed by atoms with van der Waals surface area (Å²) in [5, 5.41) is 23.3. The first kappa shape index (κ1) is 89.8. The van der Waals surface area contributed by atoms with Crippen LogP contribution in [0.3, 0.4) is 0 Å². The second-order valence-corrected chi connectivity index (χ2v) is 28.8. The molecule has 92 heavy (non-hydrogen) atoms. The van der Waals surface area contributed by atoms with Crippen molar-refractivity contribution >= 4 is 11.9 Å². The van der Waals surface area contributed by atoms with Crippen molar-refractivity contribution in [1.29, 1.82) is 0 Å². The van der Waals surface area contributed by atoms with Gasteiger partial charge in [0, 0.05) is 12.8 Å². The van der Waals surface area contributed by atoms with Gasteiger partial charge in [0.1, 0.15) is 0 Å². The van der Waals surface area contributed by atoms with Crippen LogP contribution in [0.25, 0.3) is 0 Å². The number of allylic oxidation sites excluding steroid dienone is 7. The maximum absolute atomic E-state index is 12.6. The molecule has 0 aliphatic rings. The number of carbonyl (C=O) groups excluding carboxylic acids is 2. The number of hydrogen-bond acceptors (Lipinski definition) is 5. The van der Waals surface area contributed by atoms with Gasteiger partial charge in [-0.3, -0.25) is 9.59 Å². The molecule has 6 nitrogen and oxygen atoms in total. The lowest BCUT2D eigenvalue weighted by Crippen LogP contribution is -2.45. The van der Waals surface area contributed by atoms with Crippen LogP contribution in [0, 0.1) is 0 Å². The van der Waals surface area contributed by atoms with Gasteiger partial charge in [0.25, 0.3) is 0 Å². The van der Waals surface area contributed by atoms with Crippen molar-refractivity contribution in [3.63, 3.8) is 0 Å². The minimum Gasteiger partial charge on any atom is -0.466 e. The molecule has 0 aromatic rings. The van der Waals surface area contributed by atoms with Crippen LogP contribution < -0.4 is 5.32 Å². The highest BCUT2D eigenvalue weighted by Gasteiger charge is 2.18. The average molecular weight is 1290 g/mol. The molecule has 0 aliphatic heterocycles. The summed E-state index contributed by atoms with van der Waals surface area (Å²) in [6, 6.07) is -0.628. The molecule has 0 saturated heterocycles. The Labute approximate surface area is 576 Å². The van der Waals surface area contributed by atoms with E-state index in [9.17, 15) is 19.8 Å². The van der Waals surface area contributed by atoms with Gasteiger partial charge in [-0.05, 0) is 89.9 Å². The number of hydrogen-bond donors (Lipinski definition) is 3. The van der Waals surface area contributed by atoms with Crippen molar-refractivity contribution < 1.29 is 24.5 Å². The lowest BCUT2D eigenvalue weighted by atomic mass is 10.0. The van der Waals surface area contributed by atoms with E-state index in [1.807, 2.05) is 6.08 Å². The first-order valence-electron chi connectivity index (χ1n) is 41.9. The number of amides is 1. The van der Waals surface area contributed by atoms with Gasteiger partial charge in [0.2, 0.25) is 5.91 Å². The lowest BCUT2D eigenvalue weighted by molar-refractivity contribution is -0.143. The van der Waals surface area contributed by atoms with Crippen LogP contribution in [-0.2, 0) is 14.3 Å². The number of unbranched alkanes of at least 4 members (excludes halogenated alkanes) is 62. The van der Waals surface area contributed by atoms with Crippen LogP contribution in [-0.4, -0.2) is 47.4 Å². The largest absolute Gasteiger partial charge is 0.466 e. The maximum atomic E-state index is 12.6. The third-order valence-electron chi connectivity index (χ3n) is 19.6. The molecule has 2 unspecified atom stereocenters. The molecule has 0 spiro atoms. The summed E-state index contributed by atoms with van der Waals surface area (Å²) in [6.45, 7) is 4.95. The molecule has 0 radical (unpaired) electrons. The van der Waals surface area contributed by atoms with Gasteiger partial charge >= 0.3 is 5.97 Å². The van der Waals surface area contributed by atoms with Crippen LogP contribution in [0.1, 0.15) is 463 Å². The first-order chi connectivity index (χ1) is 45.5. The van der Waals surface area contributed by atoms with E-state index in [2.05, 4.69) is 55.6 Å². The molecule has 0 heterocycles. The van der Waals surface area contributed by atoms with Crippen LogP contribution in [0.4, 0.5) is 0 Å². The Hall–Kier alpha value is -2.18. The van der Waals surface area contributed by atoms with Gasteiger partial charge in [-0.15, -0.1) is 0 Å². The zero-order valence-electron chi connectivity index (χ0n) is 62.3. The highest BCUT2D eigenvalue weighted by molar-refractivity contribution is 5.76. The summed E-state index contributed by atoms with van der Waals surface area (Å²) >= 11 is 0. The molecule has 0 saturated carbocycles. The number of carbonyl (C=O) groups is 2. The van der Waals surface area contributed by atoms with E-state index < -0.39 is 12.1 Å². The van der Waals surface area contributed by atoms with Crippen LogP contribution in [0.15, 0.2) is 48.6 Å². The van der Waals surface area contributed by atoms with Gasteiger partial charge in [-0.2, -0.15) is 0 Å². The topological polar surface area (TPSA) is 95.9 Å². The van der Waals surface area contributed by atoms with E-state index in [1.165, 1.54) is 385 Å². The second-order valence-electron chi connectivity index (χ2n) is 28.8. The highest BCUT2D eigenvalue weighted by Crippen LogP contribution is 2.20. The number of rotatable bonds is 79. The second kappa shape index (κ2) is 81.2. The Morgan fingerprint density at radius 2 is 0.543 bits per heavy atom. The molecular formula is C86H163NO5. The summed E-state index contributed by atoms with van der Waals surface area (Å²) in [5.41, 5.74) is 0. The molecule has 0 aromatic carbocycles. The maximum Gasteiger partial charge on any atom is 0.305 e. The zero-order chi connectivity index (χ0) is 66.3. The minimum absolute atomic E-state index is 0.00981. The van der Waals surface area contributed by atoms with Crippen molar-refractivity contribution in [1.82, 2.24) is 5.32 Å². The van der Waals surface area contributed by atoms with Gasteiger partial charge in [-0.1, -0.05) is 409 Å². The molecule has 0 rings (SSSR count). The van der Waals surface area contributed by atoms with Gasteiger partial charge < -0.3 is 20.3 Å². The van der Waals surface area contributed by atoms with E-state index in [0.29, 0.717) is 19.4 Å². The third kappa shape index (κ3) is 76.8. The molecular weight excluding hydrogens is 1130 g/mol. The number of ether oxygens (including phenoxy) is 1. The lowest BCUT2D eigenvalue weighted by Gasteiger charge is -2.20. The Kier molecular flexibility index (Phi) is 79.3. The Balaban J connectivity index is 3.39. The third-order valence-corrected chi connectivity index (χ3v) is 19.6. The Bertz CT molecular complexity index is 1540. The normalized spacial score (nSPS) is 12.7. The molecule has 6 heteroatoms. The fraction of sp³-hybridized carbons (Fsp3) is 0.884. The summed E-state index contributed by atoms with van der Waals surface area (Å²) < 4.78 is 5.50. The minimum atomic E-state index is -0.845. The smallest absolute Gasteiger partial charge is 0.305 e. The van der Waals surface area contributed by atoms with Crippen molar-refractivity contribution in [2.75, 3.05) is 13.2 Å². The SMILES string of the molecule is CCCCCCCCC/C=C\CCCCCCCC(=O)OCCCCCCCCCCCCC/C=C\C/C=C\CCCCCCCCCCCCCCCCCCCC(=O)NC(CO)C(O)/C=C/CCCCCCCCCCCCCCCCCCCCCCCC. The molecule has 1 amide bonds. The Morgan fingerprint density at radius 3 is 0.837 bits per heavy atom. The molecule has 0 aliphatic carbocycles. The van der Waals surface area contributed by atoms with Crippen molar-refractivity contribution in [3.05, 3.63) is 48.6 Å². The predicted molar refractivity (Wildman–Crippen MR) is 407 cm³/mol. The molecule has 542 valence electrons. The quantitative estimate of drug-likeness (QED) is 0.0320. The number of esters is 1. The predicted octanol–water partition coefficient (Wildman–Crippen LogP) is 27.9. The van der Waals surface area contributed by atoms with Crippen LogP contribution in [0.2, 0.25) is 0 Å². The van der Waals surface area contributed by atoms with E-state index >= 15 is 0 Å². The van der Waals surface area contributed by atoms with E-state index in [-0.39, 0.29) is 18.5 Å². The van der Waals surface area contributed by atoms with Crippen molar-refractivity contribution in [2.24, 2.45) is 0 Å². The van der Waals surface area contributed by atoms with E-state index in [4.69, 9.17) is 4.74 Å². The van der Waals surface area contributed by atoms with Gasteiger partial charge in [-0.25, -0.2) is 0 Å². The van der Waals surface area contributed by atoms with Crippen LogP contribution >= 0.6 is 0 Å². The van der Waals surface area contributed by atoms with E-state index in [1.54, 1.807) is 6.08 Å². The summed E-state index contributed by atoms with van der Waals surface area (Å²) in [4.78, 5) is 24.7. The van der Waals surface area contributed by atoms with Crippen molar-refractivity contribution in [2.45, 2.75) is 475 Å². The summed E-state index contributed by atoms with van der Waals surface area (Å²) in [5.74, 6) is -0.0510. The van der Waals surface area contributed by atoms with E-state index in [0.717, 1.165) is 51.4 Å². The zero-order valence-corrected chi connectivity index (χ0v) is 62.3. The fourth-order valence-corrected chi connectivity index (χ4v) is 13.2. The molecule has 3 N–H and O–H groups in total. The highest BCUT2D eigenvalue weighted by atomic mass is 16.5. The number of nitrogens with one attached hydrogen (secondary N) is 1. The van der Waals surface area contributed by atoms with Crippen LogP contribution in [0.5, 0.6) is 0 Å². The standard InChI is InChI=1S/C86H163NO5/c1-3-5-7-9-11-13-15-17-19-21-22-23-24-38-41-44-47-50-54-58-62-66-70-74-78-84(89)83(82-88)87-85(90)79-75-71-67-63-59-55-51-48-45-42-39-36-34-32-30-28-26-25-27-29-31-33-35-37-40-43-46-49-53-57-61-65-69-73-77-81-92-86(91)80-76-72-68-64-60-56-52-20-18-16-14-12-10-8-6-4-2/h20,27,29,33,35,52,74,78,83-84,88-89H,3-19,21-26,28,30-32,34,36-51,53-73,75-77,79-82H2,1-2H3,(H,87,90)/b29-27-,35-33-,52-20-,78-74+. The fourth-order valence-electron chi connectivity index (χ4n) is 13.2. The molecule has 0 bridgehead atoms. The molecule has 2 atom stereocenters. The monoisotopic (exact) mass is 1290 g/mol. The van der Waals surface area contributed by atoms with Crippen molar-refractivity contribution in [3.8, 4) is 0 Å². The van der Waals surface area contributed by atoms with Gasteiger partial charge in [0.15, 0.2) is 0 Å². The Morgan fingerprint density at radius 1 is 0.304 bits per heavy atom. The number of aliphatic hydroxyl groups is 2. The molecule has 0 fully saturated rings. The molecule has 0 aromatic heterocycles. The summed E-state index contributed by atoms with van der Waals surface area (Å²) in [6.07, 6.45) is 108. The first-order valence-corrected chi connectivity index (χ1v) is 41.9. The summed E-state index contributed by atoms with van der Waals surface area (Å²) in [7, 11) is 0.